The Balaban J connectivity index is 2.63. The molecule has 0 fully saturated rings. The van der Waals surface area contributed by atoms with Crippen molar-refractivity contribution in [2.45, 2.75) is 24.6 Å². The Morgan fingerprint density at radius 1 is 1.26 bits per heavy atom. The molecule has 4 nitrogen and oxygen atoms in total. The van der Waals surface area contributed by atoms with Crippen molar-refractivity contribution in [3.05, 3.63) is 28.8 Å². The summed E-state index contributed by atoms with van der Waals surface area (Å²) in [6, 6.07) is 4.31. The first-order valence-corrected chi connectivity index (χ1v) is 6.72. The van der Waals surface area contributed by atoms with E-state index in [4.69, 9.17) is 34.8 Å². The second-order valence-electron chi connectivity index (χ2n) is 3.98. The number of rotatable bonds is 3. The van der Waals surface area contributed by atoms with Crippen LogP contribution in [0.15, 0.2) is 18.2 Å². The number of halogens is 3. The van der Waals surface area contributed by atoms with Gasteiger partial charge >= 0.3 is 6.03 Å². The lowest BCUT2D eigenvalue weighted by molar-refractivity contribution is -0.119. The average molecular weight is 324 g/mol. The molecule has 0 saturated heterocycles. The largest absolute Gasteiger partial charge is 0.325 e. The number of nitrogens with one attached hydrogen (secondary N) is 2. The third kappa shape index (κ3) is 4.90. The van der Waals surface area contributed by atoms with Crippen LogP contribution in [0.4, 0.5) is 10.5 Å². The van der Waals surface area contributed by atoms with E-state index < -0.39 is 22.7 Å². The van der Waals surface area contributed by atoms with Crippen LogP contribution in [0.1, 0.15) is 12.5 Å². The monoisotopic (exact) mass is 322 g/mol. The third-order valence-electron chi connectivity index (χ3n) is 2.33. The molecule has 7 heteroatoms. The van der Waals surface area contributed by atoms with Gasteiger partial charge in [0, 0.05) is 10.7 Å². The number of carbonyl (C=O) groups is 2. The summed E-state index contributed by atoms with van der Waals surface area (Å²) in [4.78, 5) is 23.1. The summed E-state index contributed by atoms with van der Waals surface area (Å²) in [6.07, 6.45) is 0. The van der Waals surface area contributed by atoms with Crippen LogP contribution < -0.4 is 10.6 Å². The minimum atomic E-state index is -0.973. The van der Waals surface area contributed by atoms with Crippen molar-refractivity contribution in [2.24, 2.45) is 0 Å². The number of aryl methyl sites for hydroxylation is 1. The summed E-state index contributed by atoms with van der Waals surface area (Å²) in [5.41, 5.74) is 1.34. The third-order valence-corrected chi connectivity index (χ3v) is 3.52. The van der Waals surface area contributed by atoms with E-state index in [0.29, 0.717) is 10.7 Å². The van der Waals surface area contributed by atoms with E-state index >= 15 is 0 Å². The van der Waals surface area contributed by atoms with Gasteiger partial charge in [0.05, 0.1) is 5.38 Å². The lowest BCUT2D eigenvalue weighted by Crippen LogP contribution is -2.41. The number of alkyl halides is 2. The van der Waals surface area contributed by atoms with Gasteiger partial charge in [-0.1, -0.05) is 11.6 Å². The molecule has 2 atom stereocenters. The van der Waals surface area contributed by atoms with Gasteiger partial charge in [-0.3, -0.25) is 10.1 Å². The molecule has 104 valence electrons. The molecule has 0 radical (unpaired) electrons. The molecule has 1 rings (SSSR count). The zero-order valence-corrected chi connectivity index (χ0v) is 12.6. The van der Waals surface area contributed by atoms with Gasteiger partial charge in [0.2, 0.25) is 5.91 Å². The van der Waals surface area contributed by atoms with Crippen molar-refractivity contribution in [1.29, 1.82) is 0 Å². The maximum Gasteiger partial charge on any atom is 0.325 e. The molecular formula is C12H13Cl3N2O2. The Labute approximate surface area is 126 Å². The zero-order valence-electron chi connectivity index (χ0n) is 10.3. The van der Waals surface area contributed by atoms with Gasteiger partial charge in [0.1, 0.15) is 5.38 Å². The highest BCUT2D eigenvalue weighted by atomic mass is 35.5. The first-order chi connectivity index (χ1) is 8.81. The number of hydrogen-bond acceptors (Lipinski definition) is 2. The molecule has 0 aliphatic heterocycles. The Kier molecular flexibility index (Phi) is 5.91. The quantitative estimate of drug-likeness (QED) is 0.836. The molecule has 0 heterocycles. The van der Waals surface area contributed by atoms with E-state index in [1.165, 1.54) is 0 Å². The number of urea groups is 1. The number of anilines is 1. The average Bonchev–Trinajstić information content (AvgIpc) is 2.31. The lowest BCUT2D eigenvalue weighted by atomic mass is 10.2. The topological polar surface area (TPSA) is 58.2 Å². The number of amides is 3. The Bertz CT molecular complexity index is 492. The summed E-state index contributed by atoms with van der Waals surface area (Å²) in [7, 11) is 0. The van der Waals surface area contributed by atoms with E-state index in [1.807, 2.05) is 0 Å². The van der Waals surface area contributed by atoms with Crippen molar-refractivity contribution in [2.75, 3.05) is 5.32 Å². The van der Waals surface area contributed by atoms with Crippen LogP contribution in [-0.4, -0.2) is 22.7 Å². The minimum absolute atomic E-state index is 0.555. The molecule has 0 aliphatic rings. The van der Waals surface area contributed by atoms with E-state index in [-0.39, 0.29) is 0 Å². The van der Waals surface area contributed by atoms with Gasteiger partial charge in [-0.25, -0.2) is 4.79 Å². The summed E-state index contributed by atoms with van der Waals surface area (Å²) in [6.45, 7) is 3.36. The summed E-state index contributed by atoms with van der Waals surface area (Å²) in [5.74, 6) is -0.645. The van der Waals surface area contributed by atoms with Crippen LogP contribution >= 0.6 is 34.8 Å². The highest BCUT2D eigenvalue weighted by Crippen LogP contribution is 2.19. The fourth-order valence-electron chi connectivity index (χ4n) is 1.31. The molecule has 0 spiro atoms. The molecule has 19 heavy (non-hydrogen) atoms. The van der Waals surface area contributed by atoms with Crippen LogP contribution in [0.3, 0.4) is 0 Å². The molecule has 0 aromatic heterocycles. The van der Waals surface area contributed by atoms with Crippen LogP contribution in [0.25, 0.3) is 0 Å². The maximum absolute atomic E-state index is 11.6. The molecule has 3 amide bonds. The highest BCUT2D eigenvalue weighted by molar-refractivity contribution is 6.38. The fourth-order valence-corrected chi connectivity index (χ4v) is 1.71. The maximum atomic E-state index is 11.6. The van der Waals surface area contributed by atoms with Gasteiger partial charge in [-0.05, 0) is 37.6 Å². The molecule has 2 unspecified atom stereocenters. The predicted octanol–water partition coefficient (Wildman–Crippen LogP) is 3.53. The molecular weight excluding hydrogens is 311 g/mol. The van der Waals surface area contributed by atoms with Gasteiger partial charge in [0.25, 0.3) is 0 Å². The van der Waals surface area contributed by atoms with Gasteiger partial charge in [0.15, 0.2) is 0 Å². The van der Waals surface area contributed by atoms with Gasteiger partial charge in [-0.2, -0.15) is 0 Å². The summed E-state index contributed by atoms with van der Waals surface area (Å²) in [5, 5.41) is 3.66. The molecule has 1 aromatic carbocycles. The molecule has 2 N–H and O–H groups in total. The second-order valence-corrected chi connectivity index (χ2v) is 5.58. The highest BCUT2D eigenvalue weighted by Gasteiger charge is 2.22. The van der Waals surface area contributed by atoms with Crippen molar-refractivity contribution in [1.82, 2.24) is 5.32 Å². The second kappa shape index (κ2) is 6.98. The Hall–Kier alpha value is -0.970. The summed E-state index contributed by atoms with van der Waals surface area (Å²) >= 11 is 17.2. The van der Waals surface area contributed by atoms with E-state index in [2.05, 4.69) is 10.6 Å². The SMILES string of the molecule is Cc1cc(Cl)ccc1NC(=O)NC(=O)C(Cl)C(C)Cl. The predicted molar refractivity (Wildman–Crippen MR) is 78.3 cm³/mol. The lowest BCUT2D eigenvalue weighted by Gasteiger charge is -2.13. The van der Waals surface area contributed by atoms with Crippen molar-refractivity contribution in [3.63, 3.8) is 0 Å². The van der Waals surface area contributed by atoms with Crippen LogP contribution in [0, 0.1) is 6.92 Å². The van der Waals surface area contributed by atoms with E-state index in [9.17, 15) is 9.59 Å². The van der Waals surface area contributed by atoms with E-state index in [0.717, 1.165) is 5.56 Å². The van der Waals surface area contributed by atoms with Gasteiger partial charge < -0.3 is 5.32 Å². The van der Waals surface area contributed by atoms with Crippen LogP contribution in [0.2, 0.25) is 5.02 Å². The first-order valence-electron chi connectivity index (χ1n) is 5.47. The number of carbonyl (C=O) groups excluding carboxylic acids is 2. The number of benzene rings is 1. The van der Waals surface area contributed by atoms with Crippen LogP contribution in [-0.2, 0) is 4.79 Å². The Morgan fingerprint density at radius 2 is 1.89 bits per heavy atom. The Morgan fingerprint density at radius 3 is 2.42 bits per heavy atom. The van der Waals surface area contributed by atoms with Gasteiger partial charge in [-0.15, -0.1) is 23.2 Å². The van der Waals surface area contributed by atoms with Crippen LogP contribution in [0.5, 0.6) is 0 Å². The summed E-state index contributed by atoms with van der Waals surface area (Å²) < 4.78 is 0. The first kappa shape index (κ1) is 16.1. The standard InChI is InChI=1S/C12H13Cl3N2O2/c1-6-5-8(14)3-4-9(6)16-12(19)17-11(18)10(15)7(2)13/h3-5,7,10H,1-2H3,(H2,16,17,18,19). The zero-order chi connectivity index (χ0) is 14.6. The van der Waals surface area contributed by atoms with Crippen molar-refractivity contribution in [3.8, 4) is 0 Å². The molecule has 0 saturated carbocycles. The normalized spacial score (nSPS) is 13.5. The van der Waals surface area contributed by atoms with Crippen molar-refractivity contribution >= 4 is 52.4 Å². The minimum Gasteiger partial charge on any atom is -0.307 e. The van der Waals surface area contributed by atoms with E-state index in [1.54, 1.807) is 32.0 Å². The number of hydrogen-bond donors (Lipinski definition) is 2. The smallest absolute Gasteiger partial charge is 0.307 e. The van der Waals surface area contributed by atoms with Crippen molar-refractivity contribution < 1.29 is 9.59 Å². The molecule has 0 bridgehead atoms. The molecule has 1 aromatic rings. The fraction of sp³-hybridized carbons (Fsp3) is 0.333. The molecule has 0 aliphatic carbocycles. The number of imide groups is 1.